The van der Waals surface area contributed by atoms with Crippen LogP contribution in [0.5, 0.6) is 0 Å². The Morgan fingerprint density at radius 1 is 1.04 bits per heavy atom. The summed E-state index contributed by atoms with van der Waals surface area (Å²) in [7, 11) is 0. The van der Waals surface area contributed by atoms with Crippen molar-refractivity contribution in [1.82, 2.24) is 9.88 Å². The maximum Gasteiger partial charge on any atom is 0.254 e. The summed E-state index contributed by atoms with van der Waals surface area (Å²) in [6.07, 6.45) is 6.16. The van der Waals surface area contributed by atoms with Crippen molar-refractivity contribution >= 4 is 40.6 Å². The van der Waals surface area contributed by atoms with E-state index in [4.69, 9.17) is 23.2 Å². The fourth-order valence-electron chi connectivity index (χ4n) is 2.82. The van der Waals surface area contributed by atoms with Gasteiger partial charge in [-0.25, -0.2) is 4.98 Å². The molecule has 2 heterocycles. The topological polar surface area (TPSA) is 45.2 Å². The monoisotopic (exact) mass is 363 g/mol. The minimum absolute atomic E-state index is 0.0551. The highest BCUT2D eigenvalue weighted by atomic mass is 35.5. The lowest BCUT2D eigenvalue weighted by atomic mass is 10.2. The van der Waals surface area contributed by atoms with Gasteiger partial charge in [-0.3, -0.25) is 4.79 Å². The van der Waals surface area contributed by atoms with E-state index < -0.39 is 0 Å². The van der Waals surface area contributed by atoms with E-state index in [1.165, 1.54) is 12.8 Å². The van der Waals surface area contributed by atoms with Crippen LogP contribution < -0.4 is 5.32 Å². The van der Waals surface area contributed by atoms with E-state index in [0.717, 1.165) is 25.9 Å². The number of nitrogens with one attached hydrogen (secondary N) is 1. The molecule has 1 fully saturated rings. The van der Waals surface area contributed by atoms with Gasteiger partial charge in [0.25, 0.3) is 5.91 Å². The number of hydrogen-bond acceptors (Lipinski definition) is 3. The number of amides is 1. The van der Waals surface area contributed by atoms with Crippen molar-refractivity contribution in [2.45, 2.75) is 25.7 Å². The van der Waals surface area contributed by atoms with Crippen molar-refractivity contribution in [3.63, 3.8) is 0 Å². The summed E-state index contributed by atoms with van der Waals surface area (Å²) in [5, 5.41) is 4.25. The molecule has 1 amide bonds. The van der Waals surface area contributed by atoms with E-state index in [-0.39, 0.29) is 5.91 Å². The lowest BCUT2D eigenvalue weighted by molar-refractivity contribution is 0.0761. The Hall–Kier alpha value is -1.78. The molecule has 1 aromatic heterocycles. The van der Waals surface area contributed by atoms with E-state index in [1.54, 1.807) is 36.5 Å². The lowest BCUT2D eigenvalue weighted by Crippen LogP contribution is -2.31. The van der Waals surface area contributed by atoms with Crippen molar-refractivity contribution in [1.29, 1.82) is 0 Å². The van der Waals surface area contributed by atoms with Crippen LogP contribution in [0.3, 0.4) is 0 Å². The van der Waals surface area contributed by atoms with Crippen molar-refractivity contribution < 1.29 is 4.79 Å². The SMILES string of the molecule is O=C(c1ccnc(Nc2cc(Cl)ccc2Cl)c1)N1CCCCCC1. The van der Waals surface area contributed by atoms with Crippen LogP contribution in [-0.4, -0.2) is 28.9 Å². The molecule has 1 aliphatic rings. The van der Waals surface area contributed by atoms with E-state index in [1.807, 2.05) is 4.90 Å². The number of hydrogen-bond donors (Lipinski definition) is 1. The van der Waals surface area contributed by atoms with E-state index >= 15 is 0 Å². The largest absolute Gasteiger partial charge is 0.339 e. The van der Waals surface area contributed by atoms with Gasteiger partial charge in [0.1, 0.15) is 5.82 Å². The second-order valence-corrected chi connectivity index (χ2v) is 6.73. The number of likely N-dealkylation sites (tertiary alicyclic amines) is 1. The Balaban J connectivity index is 1.78. The molecule has 2 aromatic rings. The van der Waals surface area contributed by atoms with Gasteiger partial charge in [-0.2, -0.15) is 0 Å². The van der Waals surface area contributed by atoms with Crippen molar-refractivity contribution in [2.75, 3.05) is 18.4 Å². The summed E-state index contributed by atoms with van der Waals surface area (Å²) in [5.41, 5.74) is 1.29. The average molecular weight is 364 g/mol. The molecule has 3 rings (SSSR count). The Morgan fingerprint density at radius 2 is 1.79 bits per heavy atom. The predicted molar refractivity (Wildman–Crippen MR) is 98.4 cm³/mol. The third-order valence-electron chi connectivity index (χ3n) is 4.09. The summed E-state index contributed by atoms with van der Waals surface area (Å²) in [5.74, 6) is 0.624. The molecule has 1 aromatic carbocycles. The Bertz CT molecular complexity index is 728. The molecular weight excluding hydrogens is 345 g/mol. The molecule has 0 atom stereocenters. The minimum Gasteiger partial charge on any atom is -0.339 e. The van der Waals surface area contributed by atoms with Crippen LogP contribution in [0, 0.1) is 0 Å². The number of carbonyl (C=O) groups excluding carboxylic acids is 1. The Kier molecular flexibility index (Phi) is 5.59. The van der Waals surface area contributed by atoms with Gasteiger partial charge in [0, 0.05) is 29.9 Å². The highest BCUT2D eigenvalue weighted by molar-refractivity contribution is 6.35. The molecule has 1 N–H and O–H groups in total. The molecule has 4 nitrogen and oxygen atoms in total. The normalized spacial score (nSPS) is 15.0. The van der Waals surface area contributed by atoms with Gasteiger partial charge in [-0.15, -0.1) is 0 Å². The fourth-order valence-corrected chi connectivity index (χ4v) is 3.16. The highest BCUT2D eigenvalue weighted by Crippen LogP contribution is 2.28. The zero-order valence-corrected chi connectivity index (χ0v) is 14.8. The second-order valence-electron chi connectivity index (χ2n) is 5.89. The van der Waals surface area contributed by atoms with Gasteiger partial charge in [0.15, 0.2) is 0 Å². The van der Waals surface area contributed by atoms with Crippen LogP contribution in [0.25, 0.3) is 0 Å². The van der Waals surface area contributed by atoms with Crippen molar-refractivity contribution in [2.24, 2.45) is 0 Å². The first-order valence-corrected chi connectivity index (χ1v) is 8.86. The number of nitrogens with zero attached hydrogens (tertiary/aromatic N) is 2. The second kappa shape index (κ2) is 7.86. The van der Waals surface area contributed by atoms with Crippen LogP contribution in [0.15, 0.2) is 36.5 Å². The zero-order valence-electron chi connectivity index (χ0n) is 13.3. The molecule has 1 saturated heterocycles. The predicted octanol–water partition coefficient (Wildman–Crippen LogP) is 5.15. The molecule has 0 unspecified atom stereocenters. The summed E-state index contributed by atoms with van der Waals surface area (Å²) in [6.45, 7) is 1.65. The molecule has 0 spiro atoms. The standard InChI is InChI=1S/C18H19Cl2N3O/c19-14-5-6-15(20)16(12-14)22-17-11-13(7-8-21-17)18(24)23-9-3-1-2-4-10-23/h5-8,11-12H,1-4,9-10H2,(H,21,22). The van der Waals surface area contributed by atoms with Crippen LogP contribution in [-0.2, 0) is 0 Å². The third kappa shape index (κ3) is 4.19. The van der Waals surface area contributed by atoms with Gasteiger partial charge in [-0.05, 0) is 43.2 Å². The average Bonchev–Trinajstić information content (AvgIpc) is 2.87. The summed E-state index contributed by atoms with van der Waals surface area (Å²) >= 11 is 12.2. The Morgan fingerprint density at radius 3 is 2.54 bits per heavy atom. The number of benzene rings is 1. The van der Waals surface area contributed by atoms with E-state index in [2.05, 4.69) is 10.3 Å². The van der Waals surface area contributed by atoms with Gasteiger partial charge < -0.3 is 10.2 Å². The highest BCUT2D eigenvalue weighted by Gasteiger charge is 2.17. The van der Waals surface area contributed by atoms with Gasteiger partial charge in [0.05, 0.1) is 10.7 Å². The molecule has 0 aliphatic carbocycles. The van der Waals surface area contributed by atoms with Crippen LogP contribution >= 0.6 is 23.2 Å². The first-order valence-electron chi connectivity index (χ1n) is 8.11. The quantitative estimate of drug-likeness (QED) is 0.819. The summed E-state index contributed by atoms with van der Waals surface area (Å²) < 4.78 is 0. The molecule has 1 aliphatic heterocycles. The lowest BCUT2D eigenvalue weighted by Gasteiger charge is -2.20. The van der Waals surface area contributed by atoms with Crippen LogP contribution in [0.4, 0.5) is 11.5 Å². The zero-order chi connectivity index (χ0) is 16.9. The number of pyridine rings is 1. The summed E-state index contributed by atoms with van der Waals surface area (Å²) in [6, 6.07) is 8.68. The molecule has 0 bridgehead atoms. The number of anilines is 2. The van der Waals surface area contributed by atoms with Crippen molar-refractivity contribution in [3.8, 4) is 0 Å². The molecule has 24 heavy (non-hydrogen) atoms. The molecule has 6 heteroatoms. The maximum absolute atomic E-state index is 12.7. The first-order chi connectivity index (χ1) is 11.6. The number of rotatable bonds is 3. The Labute approximate surface area is 151 Å². The van der Waals surface area contributed by atoms with Gasteiger partial charge in [0.2, 0.25) is 0 Å². The number of halogens is 2. The molecule has 126 valence electrons. The van der Waals surface area contributed by atoms with Crippen LogP contribution in [0.1, 0.15) is 36.0 Å². The maximum atomic E-state index is 12.7. The molecular formula is C18H19Cl2N3O. The smallest absolute Gasteiger partial charge is 0.254 e. The van der Waals surface area contributed by atoms with E-state index in [0.29, 0.717) is 27.1 Å². The number of aromatic nitrogens is 1. The van der Waals surface area contributed by atoms with Crippen molar-refractivity contribution in [3.05, 3.63) is 52.1 Å². The third-order valence-corrected chi connectivity index (χ3v) is 4.66. The molecule has 0 saturated carbocycles. The van der Waals surface area contributed by atoms with Gasteiger partial charge >= 0.3 is 0 Å². The summed E-state index contributed by atoms with van der Waals surface area (Å²) in [4.78, 5) is 18.9. The fraction of sp³-hybridized carbons (Fsp3) is 0.333. The van der Waals surface area contributed by atoms with E-state index in [9.17, 15) is 4.79 Å². The molecule has 0 radical (unpaired) electrons. The van der Waals surface area contributed by atoms with Gasteiger partial charge in [-0.1, -0.05) is 36.0 Å². The van der Waals surface area contributed by atoms with Crippen LogP contribution in [0.2, 0.25) is 10.0 Å². The minimum atomic E-state index is 0.0551. The first kappa shape index (κ1) is 17.1. The number of carbonyl (C=O) groups is 1.